The van der Waals surface area contributed by atoms with Gasteiger partial charge in [-0.15, -0.1) is 0 Å². The molecular formula is C22H20N8. The minimum Gasteiger partial charge on any atom is -0.363 e. The van der Waals surface area contributed by atoms with Gasteiger partial charge in [0.25, 0.3) is 0 Å². The van der Waals surface area contributed by atoms with Gasteiger partial charge in [-0.3, -0.25) is 0 Å². The number of rotatable bonds is 6. The van der Waals surface area contributed by atoms with Crippen molar-refractivity contribution in [3.8, 4) is 5.69 Å². The van der Waals surface area contributed by atoms with Crippen molar-refractivity contribution in [2.75, 3.05) is 10.6 Å². The molecule has 0 saturated heterocycles. The third-order valence-electron chi connectivity index (χ3n) is 4.66. The summed E-state index contributed by atoms with van der Waals surface area (Å²) in [6.07, 6.45) is 5.44. The molecule has 0 saturated carbocycles. The predicted octanol–water partition coefficient (Wildman–Crippen LogP) is 4.20. The van der Waals surface area contributed by atoms with Gasteiger partial charge in [0.15, 0.2) is 0 Å². The van der Waals surface area contributed by atoms with E-state index in [-0.39, 0.29) is 0 Å². The number of aromatic amines is 1. The van der Waals surface area contributed by atoms with Gasteiger partial charge >= 0.3 is 0 Å². The van der Waals surface area contributed by atoms with Crippen molar-refractivity contribution < 1.29 is 0 Å². The minimum absolute atomic E-state index is 0.539. The lowest BCUT2D eigenvalue weighted by Crippen LogP contribution is -2.06. The Bertz CT molecular complexity index is 1240. The smallest absolute Gasteiger partial charge is 0.229 e. The van der Waals surface area contributed by atoms with E-state index >= 15 is 0 Å². The molecule has 0 aliphatic carbocycles. The van der Waals surface area contributed by atoms with Crippen LogP contribution in [0.25, 0.3) is 16.7 Å². The van der Waals surface area contributed by atoms with Crippen molar-refractivity contribution in [1.29, 1.82) is 0 Å². The molecule has 0 unspecified atom stereocenters. The Hall–Kier alpha value is -4.20. The van der Waals surface area contributed by atoms with Crippen LogP contribution in [0.15, 0.2) is 73.3 Å². The van der Waals surface area contributed by atoms with Crippen molar-refractivity contribution in [3.63, 3.8) is 0 Å². The molecule has 148 valence electrons. The number of anilines is 3. The molecule has 0 fully saturated rings. The van der Waals surface area contributed by atoms with Crippen molar-refractivity contribution in [2.45, 2.75) is 13.5 Å². The van der Waals surface area contributed by atoms with Gasteiger partial charge in [-0.2, -0.15) is 4.98 Å². The maximum atomic E-state index is 4.59. The zero-order valence-electron chi connectivity index (χ0n) is 16.4. The van der Waals surface area contributed by atoms with E-state index in [0.717, 1.165) is 39.7 Å². The summed E-state index contributed by atoms with van der Waals surface area (Å²) in [5.74, 6) is 2.13. The van der Waals surface area contributed by atoms with Crippen LogP contribution in [-0.4, -0.2) is 29.5 Å². The summed E-state index contributed by atoms with van der Waals surface area (Å²) in [5.41, 5.74) is 4.79. The number of hydrogen-bond acceptors (Lipinski definition) is 6. The Balaban J connectivity index is 1.29. The highest BCUT2D eigenvalue weighted by Gasteiger charge is 2.06. The topological polar surface area (TPSA) is 96.3 Å². The van der Waals surface area contributed by atoms with Gasteiger partial charge in [0.2, 0.25) is 5.95 Å². The number of nitrogens with one attached hydrogen (secondary N) is 3. The van der Waals surface area contributed by atoms with Crippen molar-refractivity contribution in [1.82, 2.24) is 29.5 Å². The highest BCUT2D eigenvalue weighted by Crippen LogP contribution is 2.18. The fourth-order valence-electron chi connectivity index (χ4n) is 3.24. The number of H-pyrrole nitrogens is 1. The molecule has 0 spiro atoms. The van der Waals surface area contributed by atoms with Crippen molar-refractivity contribution in [2.24, 2.45) is 0 Å². The summed E-state index contributed by atoms with van der Waals surface area (Å²) >= 11 is 0. The lowest BCUT2D eigenvalue weighted by Gasteiger charge is -2.10. The zero-order chi connectivity index (χ0) is 20.3. The summed E-state index contributed by atoms with van der Waals surface area (Å²) in [7, 11) is 0. The van der Waals surface area contributed by atoms with E-state index in [4.69, 9.17) is 0 Å². The number of fused-ring (bicyclic) bond motifs is 1. The van der Waals surface area contributed by atoms with Crippen LogP contribution in [0.4, 0.5) is 17.5 Å². The monoisotopic (exact) mass is 396 g/mol. The van der Waals surface area contributed by atoms with E-state index in [0.29, 0.717) is 12.5 Å². The van der Waals surface area contributed by atoms with Crippen LogP contribution < -0.4 is 10.6 Å². The highest BCUT2D eigenvalue weighted by molar-refractivity contribution is 5.74. The van der Waals surface area contributed by atoms with Crippen LogP contribution in [0.3, 0.4) is 0 Å². The lowest BCUT2D eigenvalue weighted by atomic mass is 10.3. The standard InChI is InChI=1S/C22H20N8/c1-15-12-20(24-13-21-27-18-4-2-3-5-19(18)28-21)29-22(25-15)26-16-6-8-17(9-7-16)30-11-10-23-14-30/h2-12,14H,13H2,1H3,(H,27,28)(H2,24,25,26,29). The van der Waals surface area contributed by atoms with Gasteiger partial charge in [0.1, 0.15) is 11.6 Å². The number of imidazole rings is 2. The highest BCUT2D eigenvalue weighted by atomic mass is 15.1. The first kappa shape index (κ1) is 17.9. The quantitative estimate of drug-likeness (QED) is 0.398. The first-order valence-electron chi connectivity index (χ1n) is 9.61. The van der Waals surface area contributed by atoms with E-state index in [1.54, 1.807) is 12.5 Å². The van der Waals surface area contributed by atoms with E-state index in [1.165, 1.54) is 0 Å². The second-order valence-corrected chi connectivity index (χ2v) is 6.91. The zero-order valence-corrected chi connectivity index (χ0v) is 16.4. The Kier molecular flexibility index (Phi) is 4.57. The van der Waals surface area contributed by atoms with E-state index in [9.17, 15) is 0 Å². The normalized spacial score (nSPS) is 11.0. The maximum absolute atomic E-state index is 4.59. The number of aromatic nitrogens is 6. The molecule has 0 radical (unpaired) electrons. The molecule has 0 aliphatic heterocycles. The predicted molar refractivity (Wildman–Crippen MR) is 117 cm³/mol. The van der Waals surface area contributed by atoms with Gasteiger partial charge < -0.3 is 20.2 Å². The van der Waals surface area contributed by atoms with Crippen LogP contribution >= 0.6 is 0 Å². The molecule has 0 aliphatic rings. The van der Waals surface area contributed by atoms with Gasteiger partial charge in [-0.25, -0.2) is 15.0 Å². The molecule has 0 amide bonds. The SMILES string of the molecule is Cc1cc(NCc2nc3ccccc3[nH]2)nc(Nc2ccc(-n3ccnc3)cc2)n1. The largest absolute Gasteiger partial charge is 0.363 e. The molecule has 3 aromatic heterocycles. The summed E-state index contributed by atoms with van der Waals surface area (Å²) in [6, 6.07) is 17.9. The average molecular weight is 396 g/mol. The summed E-state index contributed by atoms with van der Waals surface area (Å²) in [5, 5.41) is 6.59. The van der Waals surface area contributed by atoms with Gasteiger partial charge in [-0.1, -0.05) is 12.1 Å². The Labute approximate surface area is 173 Å². The number of hydrogen-bond donors (Lipinski definition) is 3. The molecule has 2 aromatic carbocycles. The van der Waals surface area contributed by atoms with Crippen LogP contribution in [0.2, 0.25) is 0 Å². The summed E-state index contributed by atoms with van der Waals surface area (Å²) in [4.78, 5) is 21.0. The molecule has 3 heterocycles. The molecule has 0 bridgehead atoms. The minimum atomic E-state index is 0.539. The Morgan fingerprint density at radius 2 is 1.87 bits per heavy atom. The molecular weight excluding hydrogens is 376 g/mol. The Morgan fingerprint density at radius 1 is 1.00 bits per heavy atom. The Morgan fingerprint density at radius 3 is 2.67 bits per heavy atom. The first-order valence-corrected chi connectivity index (χ1v) is 9.61. The third-order valence-corrected chi connectivity index (χ3v) is 4.66. The van der Waals surface area contributed by atoms with Gasteiger partial charge in [-0.05, 0) is 43.3 Å². The number of para-hydroxylation sites is 2. The molecule has 0 atom stereocenters. The van der Waals surface area contributed by atoms with Gasteiger partial charge in [0, 0.05) is 35.5 Å². The molecule has 3 N–H and O–H groups in total. The lowest BCUT2D eigenvalue weighted by molar-refractivity contribution is 0.987. The van der Waals surface area contributed by atoms with Gasteiger partial charge in [0.05, 0.1) is 23.9 Å². The third kappa shape index (κ3) is 3.83. The number of benzene rings is 2. The summed E-state index contributed by atoms with van der Waals surface area (Å²) < 4.78 is 1.95. The fraction of sp³-hybridized carbons (Fsp3) is 0.0909. The van der Waals surface area contributed by atoms with Crippen molar-refractivity contribution >= 4 is 28.5 Å². The summed E-state index contributed by atoms with van der Waals surface area (Å²) in [6.45, 7) is 2.49. The van der Waals surface area contributed by atoms with Crippen molar-refractivity contribution in [3.05, 3.63) is 84.8 Å². The van der Waals surface area contributed by atoms with E-state index in [1.807, 2.05) is 72.3 Å². The van der Waals surface area contributed by atoms with E-state index in [2.05, 4.69) is 35.6 Å². The molecule has 5 rings (SSSR count). The second-order valence-electron chi connectivity index (χ2n) is 6.91. The van der Waals surface area contributed by atoms with Crippen LogP contribution in [0, 0.1) is 6.92 Å². The van der Waals surface area contributed by atoms with Crippen LogP contribution in [0.5, 0.6) is 0 Å². The van der Waals surface area contributed by atoms with Crippen LogP contribution in [-0.2, 0) is 6.54 Å². The van der Waals surface area contributed by atoms with E-state index < -0.39 is 0 Å². The average Bonchev–Trinajstić information content (AvgIpc) is 3.42. The number of aryl methyl sites for hydroxylation is 1. The number of nitrogens with zero attached hydrogens (tertiary/aromatic N) is 5. The second kappa shape index (κ2) is 7.67. The molecule has 30 heavy (non-hydrogen) atoms. The molecule has 8 heteroatoms. The first-order chi connectivity index (χ1) is 14.7. The maximum Gasteiger partial charge on any atom is 0.229 e. The fourth-order valence-corrected chi connectivity index (χ4v) is 3.24. The molecule has 5 aromatic rings. The van der Waals surface area contributed by atoms with Crippen LogP contribution in [0.1, 0.15) is 11.5 Å². The molecule has 8 nitrogen and oxygen atoms in total.